The van der Waals surface area contributed by atoms with Gasteiger partial charge in [-0.2, -0.15) is 0 Å². The number of para-hydroxylation sites is 1. The van der Waals surface area contributed by atoms with E-state index in [0.29, 0.717) is 17.5 Å². The van der Waals surface area contributed by atoms with Crippen LogP contribution in [0.15, 0.2) is 187 Å². The van der Waals surface area contributed by atoms with Crippen LogP contribution in [-0.2, 0) is 0 Å². The van der Waals surface area contributed by atoms with Gasteiger partial charge in [-0.1, -0.05) is 97.1 Å². The highest BCUT2D eigenvalue weighted by Gasteiger charge is 2.20. The molecule has 0 aliphatic rings. The highest BCUT2D eigenvalue weighted by Crippen LogP contribution is 2.40. The van der Waals surface area contributed by atoms with Gasteiger partial charge in [0.25, 0.3) is 0 Å². The molecule has 7 heteroatoms. The van der Waals surface area contributed by atoms with Crippen LogP contribution < -0.4 is 0 Å². The maximum atomic E-state index is 6.60. The lowest BCUT2D eigenvalue weighted by atomic mass is 9.93. The lowest BCUT2D eigenvalue weighted by molar-refractivity contribution is 0.669. The van der Waals surface area contributed by atoms with Crippen LogP contribution in [-0.4, -0.2) is 29.9 Å². The fourth-order valence-corrected chi connectivity index (χ4v) is 7.12. The van der Waals surface area contributed by atoms with Crippen molar-refractivity contribution >= 4 is 21.9 Å². The zero-order chi connectivity index (χ0) is 36.6. The first-order valence-corrected chi connectivity index (χ1v) is 18.0. The zero-order valence-corrected chi connectivity index (χ0v) is 29.4. The summed E-state index contributed by atoms with van der Waals surface area (Å²) in [4.78, 5) is 28.0. The first-order valence-electron chi connectivity index (χ1n) is 18.0. The highest BCUT2D eigenvalue weighted by atomic mass is 16.3. The third kappa shape index (κ3) is 6.09. The van der Waals surface area contributed by atoms with Crippen LogP contribution in [0.2, 0.25) is 0 Å². The van der Waals surface area contributed by atoms with Gasteiger partial charge in [-0.15, -0.1) is 0 Å². The Morgan fingerprint density at radius 2 is 0.873 bits per heavy atom. The van der Waals surface area contributed by atoms with Gasteiger partial charge in [0.1, 0.15) is 11.2 Å². The molecule has 7 nitrogen and oxygen atoms in total. The summed E-state index contributed by atoms with van der Waals surface area (Å²) in [5.74, 6) is 1.62. The third-order valence-corrected chi connectivity index (χ3v) is 9.88. The molecule has 5 aromatic carbocycles. The molecule has 55 heavy (non-hydrogen) atoms. The molecule has 0 N–H and O–H groups in total. The van der Waals surface area contributed by atoms with E-state index >= 15 is 0 Å². The van der Waals surface area contributed by atoms with Gasteiger partial charge in [0, 0.05) is 64.6 Å². The van der Waals surface area contributed by atoms with Crippen molar-refractivity contribution in [3.63, 3.8) is 0 Å². The van der Waals surface area contributed by atoms with Gasteiger partial charge in [0.15, 0.2) is 17.5 Å². The van der Waals surface area contributed by atoms with Crippen LogP contribution in [0.25, 0.3) is 101 Å². The van der Waals surface area contributed by atoms with E-state index in [1.165, 1.54) is 0 Å². The van der Waals surface area contributed by atoms with Crippen molar-refractivity contribution in [3.05, 3.63) is 183 Å². The molecule has 5 heterocycles. The molecule has 0 saturated carbocycles. The second-order valence-electron chi connectivity index (χ2n) is 13.2. The first-order chi connectivity index (χ1) is 27.2. The fraction of sp³-hybridized carbons (Fsp3) is 0. The molecule has 0 bridgehead atoms. The number of fused-ring (bicyclic) bond motifs is 3. The van der Waals surface area contributed by atoms with Crippen LogP contribution in [0.4, 0.5) is 0 Å². The molecule has 0 amide bonds. The summed E-state index contributed by atoms with van der Waals surface area (Å²) in [5.41, 5.74) is 12.8. The van der Waals surface area contributed by atoms with Crippen LogP contribution in [0.5, 0.6) is 0 Å². The summed E-state index contributed by atoms with van der Waals surface area (Å²) in [7, 11) is 0. The van der Waals surface area contributed by atoms with Crippen molar-refractivity contribution in [1.82, 2.24) is 29.9 Å². The number of pyridine rings is 3. The topological polar surface area (TPSA) is 90.5 Å². The van der Waals surface area contributed by atoms with Gasteiger partial charge in [-0.05, 0) is 87.5 Å². The Balaban J connectivity index is 1.13. The van der Waals surface area contributed by atoms with Crippen LogP contribution >= 0.6 is 0 Å². The predicted molar refractivity (Wildman–Crippen MR) is 219 cm³/mol. The van der Waals surface area contributed by atoms with Gasteiger partial charge < -0.3 is 4.42 Å². The van der Waals surface area contributed by atoms with Crippen molar-refractivity contribution in [1.29, 1.82) is 0 Å². The van der Waals surface area contributed by atoms with Crippen molar-refractivity contribution in [2.24, 2.45) is 0 Å². The van der Waals surface area contributed by atoms with E-state index in [1.807, 2.05) is 66.9 Å². The molecule has 0 atom stereocenters. The maximum absolute atomic E-state index is 6.60. The minimum Gasteiger partial charge on any atom is -0.455 e. The molecule has 0 aliphatic carbocycles. The summed E-state index contributed by atoms with van der Waals surface area (Å²) in [6.45, 7) is 0. The molecule has 0 fully saturated rings. The minimum atomic E-state index is 0.517. The number of hydrogen-bond acceptors (Lipinski definition) is 7. The van der Waals surface area contributed by atoms with Gasteiger partial charge in [-0.3, -0.25) is 15.0 Å². The van der Waals surface area contributed by atoms with E-state index in [2.05, 4.69) is 99.9 Å². The van der Waals surface area contributed by atoms with E-state index in [9.17, 15) is 0 Å². The quantitative estimate of drug-likeness (QED) is 0.163. The summed E-state index contributed by atoms with van der Waals surface area (Å²) >= 11 is 0. The standard InChI is InChI=1S/C48H30N6O/c1-2-8-40(37-6-5-23-51-30-37)39(7-1)34-15-11-32(12-16-34)38-28-42-41-9-3-4-10-44(41)55-45(42)43(29-38)48-53-46(52-47(54-48)36-21-26-50-27-22-36)35-17-13-31(14-18-35)33-19-24-49-25-20-33/h1-30H. The number of aromatic nitrogens is 6. The molecule has 0 saturated heterocycles. The molecule has 258 valence electrons. The monoisotopic (exact) mass is 706 g/mol. The Kier molecular flexibility index (Phi) is 8.00. The number of rotatable bonds is 7. The highest BCUT2D eigenvalue weighted by molar-refractivity contribution is 6.11. The normalized spacial score (nSPS) is 11.3. The molecule has 10 aromatic rings. The molecule has 0 spiro atoms. The van der Waals surface area contributed by atoms with Gasteiger partial charge in [-0.25, -0.2) is 15.0 Å². The van der Waals surface area contributed by atoms with E-state index in [4.69, 9.17) is 19.4 Å². The van der Waals surface area contributed by atoms with Crippen LogP contribution in [0.3, 0.4) is 0 Å². The van der Waals surface area contributed by atoms with E-state index in [-0.39, 0.29) is 0 Å². The molecular weight excluding hydrogens is 677 g/mol. The molecule has 5 aromatic heterocycles. The van der Waals surface area contributed by atoms with Crippen molar-refractivity contribution in [3.8, 4) is 78.7 Å². The smallest absolute Gasteiger partial charge is 0.167 e. The van der Waals surface area contributed by atoms with Gasteiger partial charge in [0.2, 0.25) is 0 Å². The SMILES string of the molecule is c1cncc(-c2ccccc2-c2ccc(-c3cc(-c4nc(-c5ccncc5)nc(-c5ccc(-c6ccncc6)cc5)n4)c4oc5ccccc5c4c3)cc2)c1. The molecule has 0 radical (unpaired) electrons. The summed E-state index contributed by atoms with van der Waals surface area (Å²) in [6, 6.07) is 49.8. The van der Waals surface area contributed by atoms with Crippen molar-refractivity contribution in [2.75, 3.05) is 0 Å². The lowest BCUT2D eigenvalue weighted by Gasteiger charge is -2.12. The summed E-state index contributed by atoms with van der Waals surface area (Å²) < 4.78 is 6.60. The first kappa shape index (κ1) is 32.0. The average molecular weight is 707 g/mol. The Hall–Kier alpha value is -7.64. The second-order valence-corrected chi connectivity index (χ2v) is 13.2. The number of hydrogen-bond donors (Lipinski definition) is 0. The fourth-order valence-electron chi connectivity index (χ4n) is 7.12. The van der Waals surface area contributed by atoms with Crippen molar-refractivity contribution in [2.45, 2.75) is 0 Å². The zero-order valence-electron chi connectivity index (χ0n) is 29.4. The third-order valence-electron chi connectivity index (χ3n) is 9.88. The molecule has 0 aliphatic heterocycles. The lowest BCUT2D eigenvalue weighted by Crippen LogP contribution is -2.00. The number of benzene rings is 5. The van der Waals surface area contributed by atoms with E-state index < -0.39 is 0 Å². The number of nitrogens with zero attached hydrogens (tertiary/aromatic N) is 6. The summed E-state index contributed by atoms with van der Waals surface area (Å²) in [5, 5.41) is 2.01. The Labute approximate surface area is 316 Å². The largest absolute Gasteiger partial charge is 0.455 e. The predicted octanol–water partition coefficient (Wildman–Crippen LogP) is 11.6. The average Bonchev–Trinajstić information content (AvgIpc) is 3.66. The molecular formula is C48H30N6O. The Bertz CT molecular complexity index is 2950. The maximum Gasteiger partial charge on any atom is 0.167 e. The molecule has 0 unspecified atom stereocenters. The Morgan fingerprint density at radius 3 is 1.56 bits per heavy atom. The van der Waals surface area contributed by atoms with Crippen molar-refractivity contribution < 1.29 is 4.42 Å². The number of furan rings is 1. The summed E-state index contributed by atoms with van der Waals surface area (Å²) in [6.07, 6.45) is 10.8. The van der Waals surface area contributed by atoms with Crippen LogP contribution in [0, 0.1) is 0 Å². The minimum absolute atomic E-state index is 0.517. The Morgan fingerprint density at radius 1 is 0.327 bits per heavy atom. The van der Waals surface area contributed by atoms with Gasteiger partial charge >= 0.3 is 0 Å². The van der Waals surface area contributed by atoms with Gasteiger partial charge in [0.05, 0.1) is 5.56 Å². The van der Waals surface area contributed by atoms with Crippen LogP contribution in [0.1, 0.15) is 0 Å². The second kappa shape index (κ2) is 13.7. The van der Waals surface area contributed by atoms with E-state index in [1.54, 1.807) is 31.0 Å². The van der Waals surface area contributed by atoms with E-state index in [0.717, 1.165) is 83.1 Å². The molecule has 10 rings (SSSR count).